The summed E-state index contributed by atoms with van der Waals surface area (Å²) < 4.78 is 1.74. The molecule has 1 amide bonds. The van der Waals surface area contributed by atoms with E-state index in [1.807, 2.05) is 56.5 Å². The molecule has 0 aliphatic heterocycles. The maximum absolute atomic E-state index is 12.5. The summed E-state index contributed by atoms with van der Waals surface area (Å²) >= 11 is 1.43. The van der Waals surface area contributed by atoms with E-state index in [0.717, 1.165) is 11.1 Å². The summed E-state index contributed by atoms with van der Waals surface area (Å²) in [4.78, 5) is 13.2. The molecule has 118 valence electrons. The topological polar surface area (TPSA) is 72.7 Å². The van der Waals surface area contributed by atoms with Crippen LogP contribution in [0.2, 0.25) is 0 Å². The minimum absolute atomic E-state index is 0.117. The van der Waals surface area contributed by atoms with Crippen LogP contribution in [0.5, 0.6) is 0 Å². The van der Waals surface area contributed by atoms with Crippen molar-refractivity contribution in [2.75, 3.05) is 5.32 Å². The Balaban J connectivity index is 1.97. The lowest BCUT2D eigenvalue weighted by atomic mass is 10.1. The molecule has 0 aliphatic rings. The quantitative estimate of drug-likeness (QED) is 0.795. The van der Waals surface area contributed by atoms with E-state index in [1.165, 1.54) is 11.3 Å². The van der Waals surface area contributed by atoms with Crippen LogP contribution < -0.4 is 5.32 Å². The van der Waals surface area contributed by atoms with E-state index in [4.69, 9.17) is 0 Å². The van der Waals surface area contributed by atoms with Gasteiger partial charge in [-0.3, -0.25) is 4.79 Å². The van der Waals surface area contributed by atoms with Crippen molar-refractivity contribution in [1.82, 2.24) is 20.2 Å². The number of para-hydroxylation sites is 1. The first-order chi connectivity index (χ1) is 11.1. The summed E-state index contributed by atoms with van der Waals surface area (Å²) in [5.74, 6) is 0.521. The van der Waals surface area contributed by atoms with E-state index >= 15 is 0 Å². The van der Waals surface area contributed by atoms with Crippen molar-refractivity contribution in [3.63, 3.8) is 0 Å². The molecule has 0 aliphatic carbocycles. The minimum Gasteiger partial charge on any atom is -0.321 e. The van der Waals surface area contributed by atoms with Crippen molar-refractivity contribution in [3.8, 4) is 11.4 Å². The molecular weight excluding hydrogens is 310 g/mol. The summed E-state index contributed by atoms with van der Waals surface area (Å²) in [6, 6.07) is 9.61. The van der Waals surface area contributed by atoms with E-state index in [2.05, 4.69) is 20.8 Å². The fourth-order valence-corrected chi connectivity index (χ4v) is 3.11. The molecule has 0 saturated carbocycles. The van der Waals surface area contributed by atoms with Gasteiger partial charge in [0.2, 0.25) is 0 Å². The molecule has 0 spiro atoms. The number of thiophene rings is 1. The molecule has 2 heterocycles. The van der Waals surface area contributed by atoms with Crippen LogP contribution in [-0.4, -0.2) is 26.1 Å². The van der Waals surface area contributed by atoms with Crippen molar-refractivity contribution < 1.29 is 4.79 Å². The van der Waals surface area contributed by atoms with Gasteiger partial charge in [-0.2, -0.15) is 0 Å². The van der Waals surface area contributed by atoms with Gasteiger partial charge >= 0.3 is 0 Å². The molecule has 0 bridgehead atoms. The molecule has 23 heavy (non-hydrogen) atoms. The molecule has 6 nitrogen and oxygen atoms in total. The fourth-order valence-electron chi connectivity index (χ4n) is 2.29. The molecule has 2 aromatic heterocycles. The summed E-state index contributed by atoms with van der Waals surface area (Å²) in [7, 11) is 0. The van der Waals surface area contributed by atoms with Gasteiger partial charge in [-0.05, 0) is 60.3 Å². The van der Waals surface area contributed by atoms with Crippen LogP contribution in [0.3, 0.4) is 0 Å². The first-order valence-corrected chi connectivity index (χ1v) is 8.18. The molecule has 0 fully saturated rings. The highest BCUT2D eigenvalue weighted by molar-refractivity contribution is 7.12. The van der Waals surface area contributed by atoms with Crippen LogP contribution in [0, 0.1) is 6.92 Å². The third-order valence-electron chi connectivity index (χ3n) is 3.47. The summed E-state index contributed by atoms with van der Waals surface area (Å²) in [5, 5.41) is 16.8. The number of hydrogen-bond donors (Lipinski definition) is 1. The van der Waals surface area contributed by atoms with E-state index in [1.54, 1.807) is 4.68 Å². The number of rotatable bonds is 4. The van der Waals surface area contributed by atoms with Gasteiger partial charge in [0, 0.05) is 5.56 Å². The van der Waals surface area contributed by atoms with E-state index in [0.29, 0.717) is 16.4 Å². The van der Waals surface area contributed by atoms with Crippen LogP contribution >= 0.6 is 11.3 Å². The van der Waals surface area contributed by atoms with Crippen LogP contribution in [0.25, 0.3) is 11.4 Å². The van der Waals surface area contributed by atoms with Gasteiger partial charge in [0.1, 0.15) is 0 Å². The zero-order chi connectivity index (χ0) is 16.4. The molecule has 0 atom stereocenters. The van der Waals surface area contributed by atoms with Crippen molar-refractivity contribution in [2.24, 2.45) is 0 Å². The number of carbonyl (C=O) groups is 1. The van der Waals surface area contributed by atoms with Crippen molar-refractivity contribution in [2.45, 2.75) is 26.8 Å². The van der Waals surface area contributed by atoms with Crippen molar-refractivity contribution in [3.05, 3.63) is 46.2 Å². The lowest BCUT2D eigenvalue weighted by Crippen LogP contribution is -2.13. The predicted octanol–water partition coefficient (Wildman–Crippen LogP) is 3.54. The summed E-state index contributed by atoms with van der Waals surface area (Å²) in [6.07, 6.45) is 0. The van der Waals surface area contributed by atoms with Crippen LogP contribution in [0.15, 0.2) is 35.7 Å². The van der Waals surface area contributed by atoms with Gasteiger partial charge in [0.25, 0.3) is 5.91 Å². The van der Waals surface area contributed by atoms with Crippen LogP contribution in [-0.2, 0) is 0 Å². The zero-order valence-corrected chi connectivity index (χ0v) is 14.0. The number of tetrazole rings is 1. The molecular formula is C16H17N5OS. The highest BCUT2D eigenvalue weighted by Gasteiger charge is 2.17. The zero-order valence-electron chi connectivity index (χ0n) is 13.1. The maximum Gasteiger partial charge on any atom is 0.266 e. The Kier molecular flexibility index (Phi) is 4.20. The lowest BCUT2D eigenvalue weighted by Gasteiger charge is -2.12. The predicted molar refractivity (Wildman–Crippen MR) is 90.6 cm³/mol. The molecule has 0 saturated heterocycles. The van der Waals surface area contributed by atoms with E-state index in [-0.39, 0.29) is 11.9 Å². The number of aromatic nitrogens is 4. The molecule has 3 aromatic rings. The Morgan fingerprint density at radius 2 is 2.04 bits per heavy atom. The van der Waals surface area contributed by atoms with Crippen LogP contribution in [0.4, 0.5) is 5.69 Å². The van der Waals surface area contributed by atoms with Crippen LogP contribution in [0.1, 0.15) is 35.1 Å². The molecule has 0 unspecified atom stereocenters. The second-order valence-corrected chi connectivity index (χ2v) is 6.39. The molecule has 7 heteroatoms. The number of amides is 1. The Hall–Kier alpha value is -2.54. The number of benzene rings is 1. The highest BCUT2D eigenvalue weighted by atomic mass is 32.1. The van der Waals surface area contributed by atoms with Gasteiger partial charge in [0.15, 0.2) is 5.82 Å². The number of carbonyl (C=O) groups excluding carboxylic acids is 1. The molecule has 1 N–H and O–H groups in total. The first kappa shape index (κ1) is 15.4. The molecule has 0 radical (unpaired) electrons. The second kappa shape index (κ2) is 6.29. The summed E-state index contributed by atoms with van der Waals surface area (Å²) in [5.41, 5.74) is 2.47. The Morgan fingerprint density at radius 1 is 1.26 bits per heavy atom. The number of anilines is 1. The normalized spacial score (nSPS) is 11.0. The van der Waals surface area contributed by atoms with Crippen molar-refractivity contribution in [1.29, 1.82) is 0 Å². The molecule has 3 rings (SSSR count). The first-order valence-electron chi connectivity index (χ1n) is 7.30. The SMILES string of the molecule is Cc1ccsc1C(=O)Nc1ccccc1-c1nnnn1C(C)C. The Labute approximate surface area is 138 Å². The van der Waals surface area contributed by atoms with E-state index < -0.39 is 0 Å². The van der Waals surface area contributed by atoms with E-state index in [9.17, 15) is 4.79 Å². The third-order valence-corrected chi connectivity index (χ3v) is 4.48. The van der Waals surface area contributed by atoms with Gasteiger partial charge in [-0.15, -0.1) is 16.4 Å². The second-order valence-electron chi connectivity index (χ2n) is 5.47. The Bertz CT molecular complexity index is 836. The van der Waals surface area contributed by atoms with Crippen molar-refractivity contribution >= 4 is 22.9 Å². The standard InChI is InChI=1S/C16H17N5OS/c1-10(2)21-15(18-19-20-21)12-6-4-5-7-13(12)17-16(22)14-11(3)8-9-23-14/h4-10H,1-3H3,(H,17,22). The largest absolute Gasteiger partial charge is 0.321 e. The minimum atomic E-state index is -0.117. The van der Waals surface area contributed by atoms with Gasteiger partial charge < -0.3 is 5.32 Å². The molecule has 1 aromatic carbocycles. The maximum atomic E-state index is 12.5. The number of nitrogens with zero attached hydrogens (tertiary/aromatic N) is 4. The fraction of sp³-hybridized carbons (Fsp3) is 0.250. The Morgan fingerprint density at radius 3 is 2.74 bits per heavy atom. The average molecular weight is 327 g/mol. The highest BCUT2D eigenvalue weighted by Crippen LogP contribution is 2.28. The number of nitrogens with one attached hydrogen (secondary N) is 1. The third kappa shape index (κ3) is 3.00. The van der Waals surface area contributed by atoms with Gasteiger partial charge in [-0.25, -0.2) is 4.68 Å². The van der Waals surface area contributed by atoms with Gasteiger partial charge in [-0.1, -0.05) is 12.1 Å². The summed E-state index contributed by atoms with van der Waals surface area (Å²) in [6.45, 7) is 5.95. The monoisotopic (exact) mass is 327 g/mol. The lowest BCUT2D eigenvalue weighted by molar-refractivity contribution is 0.103. The average Bonchev–Trinajstić information content (AvgIpc) is 3.16. The smallest absolute Gasteiger partial charge is 0.266 e. The van der Waals surface area contributed by atoms with Gasteiger partial charge in [0.05, 0.1) is 16.6 Å². The number of aryl methyl sites for hydroxylation is 1. The number of hydrogen-bond acceptors (Lipinski definition) is 5.